The molecule has 6 heteroatoms. The predicted octanol–water partition coefficient (Wildman–Crippen LogP) is 1.71. The minimum absolute atomic E-state index is 0.00557. The van der Waals surface area contributed by atoms with E-state index in [-0.39, 0.29) is 18.1 Å². The third-order valence-electron chi connectivity index (χ3n) is 4.74. The molecule has 1 atom stereocenters. The molecule has 2 fully saturated rings. The number of hydrogen-bond acceptors (Lipinski definition) is 5. The molecule has 0 aromatic heterocycles. The second kappa shape index (κ2) is 5.11. The summed E-state index contributed by atoms with van der Waals surface area (Å²) in [6, 6.07) is 6.03. The number of ether oxygens (including phenoxy) is 4. The zero-order valence-electron chi connectivity index (χ0n) is 13.4. The van der Waals surface area contributed by atoms with Gasteiger partial charge in [0, 0.05) is 12.0 Å². The van der Waals surface area contributed by atoms with Gasteiger partial charge in [-0.15, -0.1) is 0 Å². The van der Waals surface area contributed by atoms with Crippen molar-refractivity contribution in [3.63, 3.8) is 0 Å². The number of nitrogens with one attached hydrogen (secondary N) is 1. The van der Waals surface area contributed by atoms with Crippen LogP contribution in [0.1, 0.15) is 32.3 Å². The van der Waals surface area contributed by atoms with Crippen LogP contribution >= 0.6 is 0 Å². The first-order valence-electron chi connectivity index (χ1n) is 7.97. The molecule has 4 rings (SSSR count). The average Bonchev–Trinajstić information content (AvgIpc) is 3.00. The summed E-state index contributed by atoms with van der Waals surface area (Å²) in [5, 5.41) is 3.02. The van der Waals surface area contributed by atoms with Crippen LogP contribution in [0, 0.1) is 0 Å². The minimum Gasteiger partial charge on any atom is -0.454 e. The molecule has 1 aromatic rings. The summed E-state index contributed by atoms with van der Waals surface area (Å²) in [6.07, 6.45) is 1.58. The number of rotatable bonds is 4. The molecule has 23 heavy (non-hydrogen) atoms. The van der Waals surface area contributed by atoms with Crippen LogP contribution in [0.5, 0.6) is 11.5 Å². The van der Waals surface area contributed by atoms with Gasteiger partial charge in [0.25, 0.3) is 5.91 Å². The third-order valence-corrected chi connectivity index (χ3v) is 4.74. The first-order chi connectivity index (χ1) is 11.0. The van der Waals surface area contributed by atoms with Gasteiger partial charge in [0.15, 0.2) is 23.4 Å². The van der Waals surface area contributed by atoms with E-state index in [0.717, 1.165) is 24.3 Å². The predicted molar refractivity (Wildman–Crippen MR) is 81.4 cm³/mol. The second-order valence-corrected chi connectivity index (χ2v) is 6.88. The maximum atomic E-state index is 12.3. The van der Waals surface area contributed by atoms with Crippen molar-refractivity contribution in [1.82, 2.24) is 5.32 Å². The lowest BCUT2D eigenvalue weighted by Crippen LogP contribution is -2.40. The quantitative estimate of drug-likeness (QED) is 0.915. The van der Waals surface area contributed by atoms with E-state index in [4.69, 9.17) is 18.9 Å². The summed E-state index contributed by atoms with van der Waals surface area (Å²) in [5.74, 6) is 0.778. The first-order valence-corrected chi connectivity index (χ1v) is 7.97. The Hall–Kier alpha value is -1.79. The van der Waals surface area contributed by atoms with E-state index in [1.807, 2.05) is 26.0 Å². The number of carbonyl (C=O) groups is 1. The summed E-state index contributed by atoms with van der Waals surface area (Å²) in [5.41, 5.74) is 1.19. The highest BCUT2D eigenvalue weighted by Gasteiger charge is 2.46. The lowest BCUT2D eigenvalue weighted by Gasteiger charge is -2.19. The fourth-order valence-corrected chi connectivity index (χ4v) is 3.13. The van der Waals surface area contributed by atoms with E-state index in [0.29, 0.717) is 13.2 Å². The topological polar surface area (TPSA) is 66.0 Å². The zero-order chi connectivity index (χ0) is 16.1. The van der Waals surface area contributed by atoms with Gasteiger partial charge in [0.1, 0.15) is 0 Å². The van der Waals surface area contributed by atoms with Gasteiger partial charge in [-0.3, -0.25) is 4.79 Å². The molecule has 0 spiro atoms. The van der Waals surface area contributed by atoms with E-state index in [2.05, 4.69) is 11.4 Å². The molecular formula is C17H21NO5. The lowest BCUT2D eigenvalue weighted by molar-refractivity contribution is -0.153. The Bertz CT molecular complexity index is 638. The fourth-order valence-electron chi connectivity index (χ4n) is 3.13. The van der Waals surface area contributed by atoms with Crippen LogP contribution in [0.15, 0.2) is 18.2 Å². The first kappa shape index (κ1) is 14.8. The molecule has 1 saturated heterocycles. The highest BCUT2D eigenvalue weighted by Crippen LogP contribution is 2.49. The van der Waals surface area contributed by atoms with Gasteiger partial charge in [-0.1, -0.05) is 6.07 Å². The monoisotopic (exact) mass is 319 g/mol. The summed E-state index contributed by atoms with van der Waals surface area (Å²) in [4.78, 5) is 12.3. The summed E-state index contributed by atoms with van der Waals surface area (Å²) in [6.45, 7) is 4.81. The van der Waals surface area contributed by atoms with Crippen molar-refractivity contribution in [2.45, 2.75) is 44.0 Å². The molecule has 2 aliphatic heterocycles. The highest BCUT2D eigenvalue weighted by atomic mass is 16.7. The van der Waals surface area contributed by atoms with E-state index in [1.54, 1.807) is 0 Å². The molecule has 3 aliphatic rings. The van der Waals surface area contributed by atoms with Gasteiger partial charge in [-0.25, -0.2) is 0 Å². The molecule has 0 unspecified atom stereocenters. The van der Waals surface area contributed by atoms with Crippen molar-refractivity contribution in [3.05, 3.63) is 23.8 Å². The molecule has 1 saturated carbocycles. The van der Waals surface area contributed by atoms with Crippen molar-refractivity contribution < 1.29 is 23.7 Å². The average molecular weight is 319 g/mol. The minimum atomic E-state index is -0.684. The van der Waals surface area contributed by atoms with Crippen LogP contribution < -0.4 is 14.8 Å². The van der Waals surface area contributed by atoms with Gasteiger partial charge in [0.2, 0.25) is 6.79 Å². The van der Waals surface area contributed by atoms with Crippen LogP contribution in [0.4, 0.5) is 0 Å². The molecule has 1 aromatic carbocycles. The van der Waals surface area contributed by atoms with E-state index in [1.165, 1.54) is 5.56 Å². The molecule has 1 aliphatic carbocycles. The van der Waals surface area contributed by atoms with Crippen LogP contribution in [0.25, 0.3) is 0 Å². The smallest absolute Gasteiger partial charge is 0.251 e. The Morgan fingerprint density at radius 3 is 2.74 bits per heavy atom. The number of carbonyl (C=O) groups excluding carboxylic acids is 1. The number of hydrogen-bond donors (Lipinski definition) is 1. The normalized spacial score (nSPS) is 26.1. The van der Waals surface area contributed by atoms with Crippen molar-refractivity contribution >= 4 is 5.91 Å². The summed E-state index contributed by atoms with van der Waals surface area (Å²) < 4.78 is 21.8. The van der Waals surface area contributed by atoms with Gasteiger partial charge in [-0.2, -0.15) is 0 Å². The van der Waals surface area contributed by atoms with Gasteiger partial charge >= 0.3 is 0 Å². The standard InChI is InChI=1S/C17H21NO5/c1-16(2)22-8-14(23-16)15(19)18-9-17(5-6-17)11-3-4-12-13(7-11)21-10-20-12/h3-4,7,14H,5-6,8-10H2,1-2H3,(H,18,19)/t14-/m0/s1. The van der Waals surface area contributed by atoms with Crippen molar-refractivity contribution in [2.75, 3.05) is 19.9 Å². The number of fused-ring (bicyclic) bond motifs is 1. The van der Waals surface area contributed by atoms with Crippen molar-refractivity contribution in [1.29, 1.82) is 0 Å². The summed E-state index contributed by atoms with van der Waals surface area (Å²) >= 11 is 0. The maximum Gasteiger partial charge on any atom is 0.251 e. The molecule has 124 valence electrons. The van der Waals surface area contributed by atoms with Crippen molar-refractivity contribution in [3.8, 4) is 11.5 Å². The Morgan fingerprint density at radius 1 is 1.26 bits per heavy atom. The maximum absolute atomic E-state index is 12.3. The number of benzene rings is 1. The van der Waals surface area contributed by atoms with Crippen LogP contribution in [0.3, 0.4) is 0 Å². The van der Waals surface area contributed by atoms with Gasteiger partial charge in [-0.05, 0) is 44.4 Å². The Kier molecular flexibility index (Phi) is 3.28. The Morgan fingerprint density at radius 2 is 2.04 bits per heavy atom. The second-order valence-electron chi connectivity index (χ2n) is 6.88. The van der Waals surface area contributed by atoms with E-state index in [9.17, 15) is 4.79 Å². The Labute approximate surface area is 135 Å². The lowest BCUT2D eigenvalue weighted by atomic mass is 9.95. The highest BCUT2D eigenvalue weighted by molar-refractivity contribution is 5.81. The molecule has 0 radical (unpaired) electrons. The molecule has 6 nitrogen and oxygen atoms in total. The number of amides is 1. The SMILES string of the molecule is CC1(C)OC[C@@H](C(=O)NCC2(c3ccc4c(c3)OCO4)CC2)O1. The van der Waals surface area contributed by atoms with Gasteiger partial charge in [0.05, 0.1) is 6.61 Å². The molecule has 1 N–H and O–H groups in total. The molecular weight excluding hydrogens is 298 g/mol. The van der Waals surface area contributed by atoms with E-state index < -0.39 is 11.9 Å². The van der Waals surface area contributed by atoms with Crippen LogP contribution in [-0.2, 0) is 19.7 Å². The third kappa shape index (κ3) is 2.77. The molecule has 2 heterocycles. The zero-order valence-corrected chi connectivity index (χ0v) is 13.4. The van der Waals surface area contributed by atoms with E-state index >= 15 is 0 Å². The fraction of sp³-hybridized carbons (Fsp3) is 0.588. The summed E-state index contributed by atoms with van der Waals surface area (Å²) in [7, 11) is 0. The Balaban J connectivity index is 1.40. The molecule has 1 amide bonds. The van der Waals surface area contributed by atoms with Crippen molar-refractivity contribution in [2.24, 2.45) is 0 Å². The largest absolute Gasteiger partial charge is 0.454 e. The van der Waals surface area contributed by atoms with Gasteiger partial charge < -0.3 is 24.3 Å². The van der Waals surface area contributed by atoms with Crippen LogP contribution in [0.2, 0.25) is 0 Å². The molecule has 0 bridgehead atoms. The van der Waals surface area contributed by atoms with Crippen LogP contribution in [-0.4, -0.2) is 37.7 Å².